The molecule has 0 aliphatic heterocycles. The fourth-order valence-corrected chi connectivity index (χ4v) is 7.20. The predicted molar refractivity (Wildman–Crippen MR) is 213 cm³/mol. The van der Waals surface area contributed by atoms with Gasteiger partial charge in [0.05, 0.1) is 5.56 Å². The zero-order valence-corrected chi connectivity index (χ0v) is 29.0. The van der Waals surface area contributed by atoms with E-state index >= 15 is 0 Å². The first-order valence-electron chi connectivity index (χ1n) is 17.7. The molecule has 0 bridgehead atoms. The van der Waals surface area contributed by atoms with Gasteiger partial charge in [-0.25, -0.2) is 9.97 Å². The number of para-hydroxylation sites is 4. The molecule has 0 atom stereocenters. The average molecular weight is 724 g/mol. The number of aromatic nitrogens is 2. The summed E-state index contributed by atoms with van der Waals surface area (Å²) in [6, 6.07) is 53.0. The van der Waals surface area contributed by atoms with Crippen molar-refractivity contribution in [2.24, 2.45) is 0 Å². The number of halogens is 3. The van der Waals surface area contributed by atoms with Gasteiger partial charge in [0.25, 0.3) is 0 Å². The molecule has 8 heteroatoms. The second kappa shape index (κ2) is 12.7. The van der Waals surface area contributed by atoms with E-state index in [-0.39, 0.29) is 0 Å². The van der Waals surface area contributed by atoms with Crippen LogP contribution in [-0.2, 0) is 6.18 Å². The number of alkyl halides is 3. The average Bonchev–Trinajstić information content (AvgIpc) is 3.86. The quantitative estimate of drug-likeness (QED) is 0.171. The van der Waals surface area contributed by atoms with E-state index in [9.17, 15) is 13.2 Å². The number of hydrogen-bond acceptors (Lipinski definition) is 5. The van der Waals surface area contributed by atoms with Gasteiger partial charge >= 0.3 is 6.18 Å². The van der Waals surface area contributed by atoms with Crippen molar-refractivity contribution in [2.75, 3.05) is 4.90 Å². The Morgan fingerprint density at radius 1 is 0.436 bits per heavy atom. The van der Waals surface area contributed by atoms with Crippen molar-refractivity contribution in [3.8, 4) is 34.0 Å². The molecule has 2 heterocycles. The van der Waals surface area contributed by atoms with Gasteiger partial charge in [0, 0.05) is 28.2 Å². The first-order valence-corrected chi connectivity index (χ1v) is 17.7. The van der Waals surface area contributed by atoms with E-state index in [4.69, 9.17) is 8.83 Å². The summed E-state index contributed by atoms with van der Waals surface area (Å²) in [7, 11) is 0. The second-order valence-corrected chi connectivity index (χ2v) is 13.4. The maximum Gasteiger partial charge on any atom is 0.416 e. The molecule has 0 aliphatic carbocycles. The number of anilines is 3. The topological polar surface area (TPSA) is 55.3 Å². The molecule has 0 saturated carbocycles. The summed E-state index contributed by atoms with van der Waals surface area (Å²) in [5, 5.41) is 3.15. The first kappa shape index (κ1) is 32.5. The summed E-state index contributed by atoms with van der Waals surface area (Å²) >= 11 is 0. The molecule has 0 spiro atoms. The van der Waals surface area contributed by atoms with Crippen molar-refractivity contribution >= 4 is 60.8 Å². The molecule has 264 valence electrons. The van der Waals surface area contributed by atoms with Gasteiger partial charge in [0.15, 0.2) is 11.2 Å². The second-order valence-electron chi connectivity index (χ2n) is 13.4. The zero-order chi connectivity index (χ0) is 37.1. The molecule has 0 aliphatic rings. The standard InChI is InChI=1S/C47H28F3N3O2/c48-47(49,50)35-26-33-7-1-2-8-39(33)40(28-35)34-14-13-32-27-38(24-19-31(32)25-34)53(36-20-15-29(16-21-36)45-51-41-9-3-5-11-43(41)54-45)37-22-17-30(18-23-37)46-52-42-10-4-6-12-44(42)55-46/h1-28H. The number of fused-ring (bicyclic) bond motifs is 4. The van der Waals surface area contributed by atoms with Crippen molar-refractivity contribution in [1.82, 2.24) is 9.97 Å². The lowest BCUT2D eigenvalue weighted by Gasteiger charge is -2.26. The molecule has 10 rings (SSSR count). The molecule has 10 aromatic rings. The third-order valence-electron chi connectivity index (χ3n) is 9.91. The molecule has 0 N–H and O–H groups in total. The lowest BCUT2D eigenvalue weighted by molar-refractivity contribution is -0.137. The van der Waals surface area contributed by atoms with Crippen LogP contribution in [0.3, 0.4) is 0 Å². The van der Waals surface area contributed by atoms with Gasteiger partial charge in [0.2, 0.25) is 11.8 Å². The Bertz CT molecular complexity index is 2850. The van der Waals surface area contributed by atoms with Gasteiger partial charge in [0.1, 0.15) is 11.0 Å². The maximum atomic E-state index is 13.9. The number of rotatable bonds is 6. The highest BCUT2D eigenvalue weighted by molar-refractivity contribution is 6.00. The Balaban J connectivity index is 1.05. The molecule has 2 aromatic heterocycles. The molecular formula is C47H28F3N3O2. The van der Waals surface area contributed by atoms with Crippen LogP contribution in [0.1, 0.15) is 5.56 Å². The van der Waals surface area contributed by atoms with Gasteiger partial charge < -0.3 is 13.7 Å². The van der Waals surface area contributed by atoms with Gasteiger partial charge in [-0.1, -0.05) is 66.7 Å². The fraction of sp³-hybridized carbons (Fsp3) is 0.0213. The molecular weight excluding hydrogens is 696 g/mol. The Morgan fingerprint density at radius 3 is 1.55 bits per heavy atom. The van der Waals surface area contributed by atoms with E-state index in [0.717, 1.165) is 66.5 Å². The van der Waals surface area contributed by atoms with Gasteiger partial charge in [-0.3, -0.25) is 0 Å². The minimum Gasteiger partial charge on any atom is -0.436 e. The Labute approximate surface area is 312 Å². The maximum absolute atomic E-state index is 13.9. The molecule has 0 amide bonds. The van der Waals surface area contributed by atoms with Crippen LogP contribution in [0.5, 0.6) is 0 Å². The van der Waals surface area contributed by atoms with Crippen molar-refractivity contribution < 1.29 is 22.0 Å². The van der Waals surface area contributed by atoms with Crippen LogP contribution < -0.4 is 4.90 Å². The van der Waals surface area contributed by atoms with Gasteiger partial charge in [-0.2, -0.15) is 13.2 Å². The molecule has 0 unspecified atom stereocenters. The first-order chi connectivity index (χ1) is 26.8. The molecule has 0 saturated heterocycles. The summed E-state index contributed by atoms with van der Waals surface area (Å²) in [5.74, 6) is 1.08. The fourth-order valence-electron chi connectivity index (χ4n) is 7.20. The largest absolute Gasteiger partial charge is 0.436 e. The van der Waals surface area contributed by atoms with Crippen LogP contribution in [0.4, 0.5) is 30.2 Å². The summed E-state index contributed by atoms with van der Waals surface area (Å²) in [4.78, 5) is 11.5. The lowest BCUT2D eigenvalue weighted by Crippen LogP contribution is -2.09. The van der Waals surface area contributed by atoms with E-state index in [1.807, 2.05) is 140 Å². The highest BCUT2D eigenvalue weighted by Crippen LogP contribution is 2.41. The van der Waals surface area contributed by atoms with Gasteiger partial charge in [-0.15, -0.1) is 0 Å². The zero-order valence-electron chi connectivity index (χ0n) is 29.0. The highest BCUT2D eigenvalue weighted by atomic mass is 19.4. The van der Waals surface area contributed by atoms with Crippen molar-refractivity contribution in [3.63, 3.8) is 0 Å². The normalized spacial score (nSPS) is 11.9. The van der Waals surface area contributed by atoms with E-state index in [1.54, 1.807) is 12.1 Å². The minimum absolute atomic E-state index is 0.538. The molecule has 5 nitrogen and oxygen atoms in total. The van der Waals surface area contributed by atoms with Crippen LogP contribution in [-0.4, -0.2) is 9.97 Å². The SMILES string of the molecule is FC(F)(F)c1cc(-c2ccc3cc(N(c4ccc(-c5nc6ccccc6o5)cc4)c4ccc(-c5nc6ccccc6o5)cc4)ccc3c2)c2ccccc2c1. The lowest BCUT2D eigenvalue weighted by atomic mass is 9.94. The number of benzene rings is 8. The van der Waals surface area contributed by atoms with Gasteiger partial charge in [-0.05, 0) is 136 Å². The van der Waals surface area contributed by atoms with Crippen molar-refractivity contribution in [1.29, 1.82) is 0 Å². The summed E-state index contributed by atoms with van der Waals surface area (Å²) < 4.78 is 53.9. The van der Waals surface area contributed by atoms with Crippen LogP contribution in [0.25, 0.3) is 77.8 Å². The van der Waals surface area contributed by atoms with E-state index in [2.05, 4.69) is 20.9 Å². The minimum atomic E-state index is -4.46. The van der Waals surface area contributed by atoms with Crippen molar-refractivity contribution in [3.05, 3.63) is 175 Å². The molecule has 8 aromatic carbocycles. The van der Waals surface area contributed by atoms with E-state index in [1.165, 1.54) is 12.1 Å². The van der Waals surface area contributed by atoms with Crippen LogP contribution in [0.2, 0.25) is 0 Å². The number of nitrogens with zero attached hydrogens (tertiary/aromatic N) is 3. The molecule has 0 radical (unpaired) electrons. The third-order valence-corrected chi connectivity index (χ3v) is 9.91. The highest BCUT2D eigenvalue weighted by Gasteiger charge is 2.31. The summed E-state index contributed by atoms with van der Waals surface area (Å²) in [5.41, 5.74) is 8.02. The van der Waals surface area contributed by atoms with E-state index in [0.29, 0.717) is 28.3 Å². The predicted octanol–water partition coefficient (Wildman–Crippen LogP) is 13.8. The molecule has 55 heavy (non-hydrogen) atoms. The third kappa shape index (κ3) is 5.94. The number of hydrogen-bond donors (Lipinski definition) is 0. The van der Waals surface area contributed by atoms with E-state index < -0.39 is 11.7 Å². The summed E-state index contributed by atoms with van der Waals surface area (Å²) in [6.45, 7) is 0. The smallest absolute Gasteiger partial charge is 0.416 e. The number of oxazole rings is 2. The van der Waals surface area contributed by atoms with Crippen LogP contribution in [0.15, 0.2) is 179 Å². The van der Waals surface area contributed by atoms with Crippen LogP contribution in [0, 0.1) is 0 Å². The Morgan fingerprint density at radius 2 is 0.945 bits per heavy atom. The van der Waals surface area contributed by atoms with Crippen LogP contribution >= 0.6 is 0 Å². The monoisotopic (exact) mass is 723 g/mol. The Hall–Kier alpha value is -7.19. The molecule has 0 fully saturated rings. The van der Waals surface area contributed by atoms with Crippen molar-refractivity contribution in [2.45, 2.75) is 6.18 Å². The Kier molecular flexibility index (Phi) is 7.52. The summed E-state index contributed by atoms with van der Waals surface area (Å²) in [6.07, 6.45) is -4.46.